The van der Waals surface area contributed by atoms with Crippen LogP contribution in [0.1, 0.15) is 11.1 Å². The second-order valence-electron chi connectivity index (χ2n) is 8.49. The van der Waals surface area contributed by atoms with Crippen LogP contribution in [0.25, 0.3) is 44.6 Å². The SMILES string of the molecule is Cc1ccccc1-c1ccc2c(c1)-c1ccccc1-c1ccccc1-c1cccc[n+]1C2. The topological polar surface area (TPSA) is 3.88 Å². The Balaban J connectivity index is 1.69. The molecular formula is C31H24N+. The summed E-state index contributed by atoms with van der Waals surface area (Å²) in [6, 6.07) is 39.7. The number of benzene rings is 4. The fourth-order valence-corrected chi connectivity index (χ4v) is 4.97. The highest BCUT2D eigenvalue weighted by Crippen LogP contribution is 2.41. The van der Waals surface area contributed by atoms with E-state index in [0.717, 1.165) is 6.54 Å². The molecule has 0 saturated heterocycles. The summed E-state index contributed by atoms with van der Waals surface area (Å²) >= 11 is 0. The number of aryl methyl sites for hydroxylation is 1. The van der Waals surface area contributed by atoms with E-state index in [-0.39, 0.29) is 0 Å². The molecule has 1 aliphatic rings. The van der Waals surface area contributed by atoms with E-state index < -0.39 is 0 Å². The van der Waals surface area contributed by atoms with E-state index in [1.165, 1.54) is 55.8 Å². The van der Waals surface area contributed by atoms with Crippen LogP contribution in [0.5, 0.6) is 0 Å². The van der Waals surface area contributed by atoms with Gasteiger partial charge in [0.2, 0.25) is 5.69 Å². The van der Waals surface area contributed by atoms with Gasteiger partial charge in [-0.15, -0.1) is 0 Å². The zero-order valence-corrected chi connectivity index (χ0v) is 18.1. The molecule has 0 atom stereocenters. The first kappa shape index (κ1) is 18.8. The summed E-state index contributed by atoms with van der Waals surface area (Å²) in [6.45, 7) is 3.02. The zero-order valence-electron chi connectivity index (χ0n) is 18.1. The van der Waals surface area contributed by atoms with Crippen LogP contribution in [0.15, 0.2) is 115 Å². The van der Waals surface area contributed by atoms with Crippen molar-refractivity contribution >= 4 is 0 Å². The van der Waals surface area contributed by atoms with Crippen molar-refractivity contribution in [1.29, 1.82) is 0 Å². The molecule has 6 rings (SSSR count). The molecule has 0 radical (unpaired) electrons. The van der Waals surface area contributed by atoms with Gasteiger partial charge >= 0.3 is 0 Å². The van der Waals surface area contributed by atoms with Gasteiger partial charge in [0.1, 0.15) is 0 Å². The molecule has 1 aromatic heterocycles. The molecule has 1 aliphatic heterocycles. The highest BCUT2D eigenvalue weighted by Gasteiger charge is 2.23. The van der Waals surface area contributed by atoms with Crippen LogP contribution >= 0.6 is 0 Å². The molecule has 0 saturated carbocycles. The van der Waals surface area contributed by atoms with Gasteiger partial charge in [-0.2, -0.15) is 4.57 Å². The van der Waals surface area contributed by atoms with Gasteiger partial charge < -0.3 is 0 Å². The maximum absolute atomic E-state index is 2.38. The predicted octanol–water partition coefficient (Wildman–Crippen LogP) is 7.31. The summed E-state index contributed by atoms with van der Waals surface area (Å²) in [5.74, 6) is 0. The Hall–Kier alpha value is -3.97. The Labute approximate surface area is 189 Å². The third kappa shape index (κ3) is 3.06. The molecule has 152 valence electrons. The van der Waals surface area contributed by atoms with Crippen LogP contribution in [-0.2, 0) is 6.54 Å². The molecule has 0 fully saturated rings. The zero-order chi connectivity index (χ0) is 21.5. The smallest absolute Gasteiger partial charge is 0.194 e. The van der Waals surface area contributed by atoms with Gasteiger partial charge in [0.15, 0.2) is 12.7 Å². The molecule has 1 nitrogen and oxygen atoms in total. The minimum Gasteiger partial charge on any atom is -0.194 e. The molecule has 2 heterocycles. The van der Waals surface area contributed by atoms with E-state index >= 15 is 0 Å². The van der Waals surface area contributed by atoms with E-state index in [2.05, 4.69) is 127 Å². The fraction of sp³-hybridized carbons (Fsp3) is 0.0645. The predicted molar refractivity (Wildman–Crippen MR) is 132 cm³/mol. The highest BCUT2D eigenvalue weighted by molar-refractivity contribution is 5.92. The normalized spacial score (nSPS) is 11.8. The van der Waals surface area contributed by atoms with Crippen molar-refractivity contribution in [1.82, 2.24) is 0 Å². The number of rotatable bonds is 1. The van der Waals surface area contributed by atoms with Crippen molar-refractivity contribution in [3.63, 3.8) is 0 Å². The summed E-state index contributed by atoms with van der Waals surface area (Å²) in [4.78, 5) is 0. The lowest BCUT2D eigenvalue weighted by atomic mass is 9.88. The van der Waals surface area contributed by atoms with Crippen molar-refractivity contribution in [3.8, 4) is 44.6 Å². The lowest BCUT2D eigenvalue weighted by Gasteiger charge is -2.15. The molecular weight excluding hydrogens is 386 g/mol. The van der Waals surface area contributed by atoms with Gasteiger partial charge in [-0.1, -0.05) is 78.9 Å². The van der Waals surface area contributed by atoms with Gasteiger partial charge in [0.25, 0.3) is 0 Å². The Morgan fingerprint density at radius 2 is 1.12 bits per heavy atom. The van der Waals surface area contributed by atoms with E-state index in [9.17, 15) is 0 Å². The third-order valence-corrected chi connectivity index (χ3v) is 6.56. The molecule has 0 spiro atoms. The minimum absolute atomic E-state index is 0.836. The van der Waals surface area contributed by atoms with Crippen LogP contribution in [0.2, 0.25) is 0 Å². The van der Waals surface area contributed by atoms with Gasteiger partial charge in [-0.3, -0.25) is 0 Å². The number of nitrogens with zero attached hydrogens (tertiary/aromatic N) is 1. The first-order chi connectivity index (χ1) is 15.8. The maximum atomic E-state index is 2.38. The van der Waals surface area contributed by atoms with E-state index in [4.69, 9.17) is 0 Å². The molecule has 4 aromatic carbocycles. The van der Waals surface area contributed by atoms with Gasteiger partial charge in [0.05, 0.1) is 5.56 Å². The first-order valence-electron chi connectivity index (χ1n) is 11.2. The molecule has 32 heavy (non-hydrogen) atoms. The molecule has 0 aliphatic carbocycles. The van der Waals surface area contributed by atoms with Crippen LogP contribution in [0, 0.1) is 6.92 Å². The molecule has 0 unspecified atom stereocenters. The van der Waals surface area contributed by atoms with E-state index in [1.54, 1.807) is 0 Å². The van der Waals surface area contributed by atoms with Gasteiger partial charge in [-0.25, -0.2) is 0 Å². The fourth-order valence-electron chi connectivity index (χ4n) is 4.97. The summed E-state index contributed by atoms with van der Waals surface area (Å²) < 4.78 is 2.37. The lowest BCUT2D eigenvalue weighted by molar-refractivity contribution is -0.677. The van der Waals surface area contributed by atoms with Crippen molar-refractivity contribution in [2.45, 2.75) is 13.5 Å². The maximum Gasteiger partial charge on any atom is 0.213 e. The summed E-state index contributed by atoms with van der Waals surface area (Å²) in [6.07, 6.45) is 2.20. The summed E-state index contributed by atoms with van der Waals surface area (Å²) in [5, 5.41) is 0. The van der Waals surface area contributed by atoms with Crippen molar-refractivity contribution in [3.05, 3.63) is 127 Å². The molecule has 0 bridgehead atoms. The number of hydrogen-bond acceptors (Lipinski definition) is 0. The Morgan fingerprint density at radius 3 is 1.88 bits per heavy atom. The third-order valence-electron chi connectivity index (χ3n) is 6.56. The lowest BCUT2D eigenvalue weighted by Crippen LogP contribution is -2.36. The van der Waals surface area contributed by atoms with Crippen LogP contribution in [0.4, 0.5) is 0 Å². The standard InChI is InChI=1S/C31H24N/c1-22-10-2-3-11-25(22)23-17-18-24-21-32-19-9-8-16-31(32)29-15-7-6-13-27(29)26-12-4-5-14-28(26)30(24)20-23/h2-20H,21H2,1H3/q+1. The largest absolute Gasteiger partial charge is 0.213 e. The van der Waals surface area contributed by atoms with E-state index in [1.807, 2.05) is 0 Å². The number of hydrogen-bond donors (Lipinski definition) is 0. The average molecular weight is 411 g/mol. The number of pyridine rings is 1. The monoisotopic (exact) mass is 410 g/mol. The van der Waals surface area contributed by atoms with Gasteiger partial charge in [0, 0.05) is 17.7 Å². The summed E-state index contributed by atoms with van der Waals surface area (Å²) in [7, 11) is 0. The van der Waals surface area contributed by atoms with Crippen molar-refractivity contribution in [2.24, 2.45) is 0 Å². The molecule has 0 amide bonds. The molecule has 0 N–H and O–H groups in total. The quantitative estimate of drug-likeness (QED) is 0.250. The number of aromatic nitrogens is 1. The Bertz CT molecular complexity index is 1460. The number of fused-ring (bicyclic) bond motifs is 7. The van der Waals surface area contributed by atoms with E-state index in [0.29, 0.717) is 0 Å². The van der Waals surface area contributed by atoms with Crippen LogP contribution < -0.4 is 4.57 Å². The Morgan fingerprint density at radius 1 is 0.531 bits per heavy atom. The van der Waals surface area contributed by atoms with Crippen molar-refractivity contribution in [2.75, 3.05) is 0 Å². The van der Waals surface area contributed by atoms with Crippen LogP contribution in [-0.4, -0.2) is 0 Å². The van der Waals surface area contributed by atoms with Crippen molar-refractivity contribution < 1.29 is 4.57 Å². The minimum atomic E-state index is 0.836. The highest BCUT2D eigenvalue weighted by atomic mass is 15.0. The summed E-state index contributed by atoms with van der Waals surface area (Å²) in [5.41, 5.74) is 12.9. The van der Waals surface area contributed by atoms with Gasteiger partial charge in [-0.05, 0) is 64.1 Å². The second-order valence-corrected chi connectivity index (χ2v) is 8.49. The van der Waals surface area contributed by atoms with Crippen LogP contribution in [0.3, 0.4) is 0 Å². The molecule has 1 heteroatoms. The average Bonchev–Trinajstić information content (AvgIpc) is 2.89. The first-order valence-corrected chi connectivity index (χ1v) is 11.2. The molecule has 5 aromatic rings. The second kappa shape index (κ2) is 7.62. The Kier molecular flexibility index (Phi) is 4.47.